The summed E-state index contributed by atoms with van der Waals surface area (Å²) in [4.78, 5) is 12.7. The van der Waals surface area contributed by atoms with Crippen molar-refractivity contribution in [1.82, 2.24) is 5.32 Å². The zero-order valence-corrected chi connectivity index (χ0v) is 13.2. The molecule has 0 spiro atoms. The Bertz CT molecular complexity index is 494. The van der Waals surface area contributed by atoms with E-state index in [2.05, 4.69) is 36.5 Å². The number of carbonyl (C=O) groups is 1. The molecule has 2 fully saturated rings. The molecule has 2 aliphatic rings. The highest BCUT2D eigenvalue weighted by Crippen LogP contribution is 2.34. The third-order valence-electron chi connectivity index (χ3n) is 4.57. The standard InChI is InChI=1S/C18H25NO3/c1-13-6-8-14(9-7-13)17-16(5-3-11-22-17)18(20)19-15-4-2-10-21-12-15/h6-9,15-17H,2-5,10-12H2,1H3,(H,19,20). The Morgan fingerprint density at radius 2 is 1.91 bits per heavy atom. The van der Waals surface area contributed by atoms with E-state index in [1.807, 2.05) is 0 Å². The molecule has 1 amide bonds. The van der Waals surface area contributed by atoms with Crippen molar-refractivity contribution in [3.05, 3.63) is 35.4 Å². The van der Waals surface area contributed by atoms with Crippen LogP contribution in [0, 0.1) is 12.8 Å². The molecule has 0 saturated carbocycles. The van der Waals surface area contributed by atoms with Crippen molar-refractivity contribution in [3.63, 3.8) is 0 Å². The Labute approximate surface area is 132 Å². The first-order valence-corrected chi connectivity index (χ1v) is 8.30. The van der Waals surface area contributed by atoms with Gasteiger partial charge < -0.3 is 14.8 Å². The molecule has 3 atom stereocenters. The van der Waals surface area contributed by atoms with Gasteiger partial charge in [0.2, 0.25) is 5.91 Å². The number of rotatable bonds is 3. The minimum Gasteiger partial charge on any atom is -0.379 e. The van der Waals surface area contributed by atoms with E-state index < -0.39 is 0 Å². The van der Waals surface area contributed by atoms with Gasteiger partial charge in [-0.1, -0.05) is 29.8 Å². The zero-order chi connectivity index (χ0) is 15.4. The molecule has 22 heavy (non-hydrogen) atoms. The first kappa shape index (κ1) is 15.5. The summed E-state index contributed by atoms with van der Waals surface area (Å²) in [6.45, 7) is 4.24. The summed E-state index contributed by atoms with van der Waals surface area (Å²) in [5.74, 6) is 0.0131. The topological polar surface area (TPSA) is 47.6 Å². The third kappa shape index (κ3) is 3.68. The van der Waals surface area contributed by atoms with Crippen LogP contribution >= 0.6 is 0 Å². The van der Waals surface area contributed by atoms with Crippen LogP contribution in [0.25, 0.3) is 0 Å². The summed E-state index contributed by atoms with van der Waals surface area (Å²) >= 11 is 0. The summed E-state index contributed by atoms with van der Waals surface area (Å²) in [5.41, 5.74) is 2.32. The number of amides is 1. The molecule has 0 aliphatic carbocycles. The van der Waals surface area contributed by atoms with E-state index in [1.165, 1.54) is 5.56 Å². The van der Waals surface area contributed by atoms with Crippen molar-refractivity contribution < 1.29 is 14.3 Å². The molecule has 1 aromatic rings. The van der Waals surface area contributed by atoms with Crippen molar-refractivity contribution in [2.45, 2.75) is 44.8 Å². The maximum Gasteiger partial charge on any atom is 0.226 e. The van der Waals surface area contributed by atoms with E-state index in [0.717, 1.165) is 44.5 Å². The Hall–Kier alpha value is -1.39. The minimum atomic E-state index is -0.126. The number of hydrogen-bond acceptors (Lipinski definition) is 3. The predicted molar refractivity (Wildman–Crippen MR) is 84.6 cm³/mol. The van der Waals surface area contributed by atoms with Crippen molar-refractivity contribution in [2.75, 3.05) is 19.8 Å². The molecular formula is C18H25NO3. The van der Waals surface area contributed by atoms with E-state index in [4.69, 9.17) is 9.47 Å². The van der Waals surface area contributed by atoms with E-state index in [-0.39, 0.29) is 24.0 Å². The Balaban J connectivity index is 1.68. The molecule has 2 saturated heterocycles. The van der Waals surface area contributed by atoms with Crippen LogP contribution in [0.4, 0.5) is 0 Å². The van der Waals surface area contributed by atoms with Crippen molar-refractivity contribution in [1.29, 1.82) is 0 Å². The Morgan fingerprint density at radius 1 is 1.14 bits per heavy atom. The van der Waals surface area contributed by atoms with Gasteiger partial charge in [0.05, 0.1) is 24.7 Å². The lowest BCUT2D eigenvalue weighted by Gasteiger charge is -2.33. The average Bonchev–Trinajstić information content (AvgIpc) is 2.56. The lowest BCUT2D eigenvalue weighted by atomic mass is 9.88. The summed E-state index contributed by atoms with van der Waals surface area (Å²) in [7, 11) is 0. The predicted octanol–water partition coefficient (Wildman–Crippen LogP) is 2.76. The fraction of sp³-hybridized carbons (Fsp3) is 0.611. The summed E-state index contributed by atoms with van der Waals surface area (Å²) in [6.07, 6.45) is 3.74. The Morgan fingerprint density at radius 3 is 2.64 bits per heavy atom. The summed E-state index contributed by atoms with van der Waals surface area (Å²) in [5, 5.41) is 3.16. The summed E-state index contributed by atoms with van der Waals surface area (Å²) in [6, 6.07) is 8.47. The lowest BCUT2D eigenvalue weighted by Crippen LogP contribution is -2.45. The smallest absolute Gasteiger partial charge is 0.226 e. The molecule has 120 valence electrons. The largest absolute Gasteiger partial charge is 0.379 e. The Kier molecular flexibility index (Phi) is 5.11. The van der Waals surface area contributed by atoms with Gasteiger partial charge in [-0.05, 0) is 38.2 Å². The number of benzene rings is 1. The van der Waals surface area contributed by atoms with Crippen molar-refractivity contribution in [3.8, 4) is 0 Å². The van der Waals surface area contributed by atoms with Crippen molar-refractivity contribution >= 4 is 5.91 Å². The first-order chi connectivity index (χ1) is 10.7. The first-order valence-electron chi connectivity index (χ1n) is 8.30. The minimum absolute atomic E-state index is 0.0987. The molecule has 4 heteroatoms. The third-order valence-corrected chi connectivity index (χ3v) is 4.57. The van der Waals surface area contributed by atoms with Crippen LogP contribution in [-0.2, 0) is 14.3 Å². The fourth-order valence-corrected chi connectivity index (χ4v) is 3.30. The monoisotopic (exact) mass is 303 g/mol. The van der Waals surface area contributed by atoms with Crippen LogP contribution in [-0.4, -0.2) is 31.8 Å². The van der Waals surface area contributed by atoms with Gasteiger partial charge in [-0.25, -0.2) is 0 Å². The molecule has 3 unspecified atom stereocenters. The van der Waals surface area contributed by atoms with Crippen LogP contribution in [0.15, 0.2) is 24.3 Å². The van der Waals surface area contributed by atoms with Crippen molar-refractivity contribution in [2.24, 2.45) is 5.92 Å². The quantitative estimate of drug-likeness (QED) is 0.934. The van der Waals surface area contributed by atoms with Crippen LogP contribution in [0.5, 0.6) is 0 Å². The van der Waals surface area contributed by atoms with Gasteiger partial charge >= 0.3 is 0 Å². The fourth-order valence-electron chi connectivity index (χ4n) is 3.30. The molecular weight excluding hydrogens is 278 g/mol. The van der Waals surface area contributed by atoms with Crippen LogP contribution < -0.4 is 5.32 Å². The zero-order valence-electron chi connectivity index (χ0n) is 13.2. The molecule has 0 bridgehead atoms. The van der Waals surface area contributed by atoms with Gasteiger partial charge in [-0.3, -0.25) is 4.79 Å². The number of ether oxygens (including phenoxy) is 2. The van der Waals surface area contributed by atoms with Gasteiger partial charge in [0, 0.05) is 13.2 Å². The van der Waals surface area contributed by atoms with Crippen LogP contribution in [0.1, 0.15) is 42.9 Å². The second kappa shape index (κ2) is 7.25. The number of aryl methyl sites for hydroxylation is 1. The van der Waals surface area contributed by atoms with Gasteiger partial charge in [-0.15, -0.1) is 0 Å². The SMILES string of the molecule is Cc1ccc(C2OCCCC2C(=O)NC2CCCOC2)cc1. The highest BCUT2D eigenvalue weighted by Gasteiger charge is 2.34. The molecule has 0 aromatic heterocycles. The normalized spacial score (nSPS) is 29.0. The van der Waals surface area contributed by atoms with E-state index in [0.29, 0.717) is 6.61 Å². The maximum absolute atomic E-state index is 12.7. The molecule has 3 rings (SSSR count). The highest BCUT2D eigenvalue weighted by atomic mass is 16.5. The lowest BCUT2D eigenvalue weighted by molar-refractivity contribution is -0.136. The molecule has 2 heterocycles. The maximum atomic E-state index is 12.7. The van der Waals surface area contributed by atoms with Gasteiger partial charge in [0.15, 0.2) is 0 Å². The van der Waals surface area contributed by atoms with E-state index in [9.17, 15) is 4.79 Å². The number of hydrogen-bond donors (Lipinski definition) is 1. The van der Waals surface area contributed by atoms with Crippen LogP contribution in [0.3, 0.4) is 0 Å². The second-order valence-corrected chi connectivity index (χ2v) is 6.37. The highest BCUT2D eigenvalue weighted by molar-refractivity contribution is 5.80. The van der Waals surface area contributed by atoms with E-state index in [1.54, 1.807) is 0 Å². The van der Waals surface area contributed by atoms with Crippen LogP contribution in [0.2, 0.25) is 0 Å². The molecule has 2 aliphatic heterocycles. The van der Waals surface area contributed by atoms with Gasteiger partial charge in [-0.2, -0.15) is 0 Å². The molecule has 4 nitrogen and oxygen atoms in total. The summed E-state index contributed by atoms with van der Waals surface area (Å²) < 4.78 is 11.4. The van der Waals surface area contributed by atoms with Gasteiger partial charge in [0.1, 0.15) is 0 Å². The average molecular weight is 303 g/mol. The van der Waals surface area contributed by atoms with Gasteiger partial charge in [0.25, 0.3) is 0 Å². The number of carbonyl (C=O) groups excluding carboxylic acids is 1. The second-order valence-electron chi connectivity index (χ2n) is 6.37. The molecule has 0 radical (unpaired) electrons. The van der Waals surface area contributed by atoms with E-state index >= 15 is 0 Å². The number of nitrogens with one attached hydrogen (secondary N) is 1. The molecule has 1 N–H and O–H groups in total. The molecule has 1 aromatic carbocycles.